The molecule has 1 aliphatic carbocycles. The smallest absolute Gasteiger partial charge is 0.329 e. The summed E-state index contributed by atoms with van der Waals surface area (Å²) >= 11 is 0. The van der Waals surface area contributed by atoms with Crippen molar-refractivity contribution < 1.29 is 33.2 Å². The van der Waals surface area contributed by atoms with Gasteiger partial charge < -0.3 is 29.4 Å². The second-order valence-corrected chi connectivity index (χ2v) is 9.31. The summed E-state index contributed by atoms with van der Waals surface area (Å²) in [6, 6.07) is 7.12. The zero-order chi connectivity index (χ0) is 25.0. The Hall–Kier alpha value is -2.84. The summed E-state index contributed by atoms with van der Waals surface area (Å²) in [6.45, 7) is 2.80. The van der Waals surface area contributed by atoms with Crippen LogP contribution in [0.2, 0.25) is 0 Å². The van der Waals surface area contributed by atoms with E-state index in [1.165, 1.54) is 7.11 Å². The van der Waals surface area contributed by atoms with E-state index in [2.05, 4.69) is 5.32 Å². The van der Waals surface area contributed by atoms with Crippen molar-refractivity contribution in [3.05, 3.63) is 41.2 Å². The number of hydrogen-bond donors (Lipinski definition) is 2. The van der Waals surface area contributed by atoms with E-state index in [1.54, 1.807) is 32.2 Å². The Balaban J connectivity index is 1.75. The molecule has 1 saturated carbocycles. The molecule has 1 heterocycles. The first-order valence-electron chi connectivity index (χ1n) is 12.1. The summed E-state index contributed by atoms with van der Waals surface area (Å²) in [6.07, 6.45) is 5.20. The molecular formula is C27H34FNO6. The fourth-order valence-electron chi connectivity index (χ4n) is 5.06. The predicted molar refractivity (Wildman–Crippen MR) is 131 cm³/mol. The number of carboxylic acids is 1. The molecule has 2 aromatic carbocycles. The molecule has 8 heteroatoms. The third-order valence-electron chi connectivity index (χ3n) is 7.16. The third kappa shape index (κ3) is 5.23. The molecule has 0 unspecified atom stereocenters. The lowest BCUT2D eigenvalue weighted by molar-refractivity contribution is -0.145. The lowest BCUT2D eigenvalue weighted by Gasteiger charge is -2.35. The number of halogens is 1. The van der Waals surface area contributed by atoms with Crippen LogP contribution < -0.4 is 14.8 Å². The second-order valence-electron chi connectivity index (χ2n) is 9.31. The van der Waals surface area contributed by atoms with Crippen molar-refractivity contribution in [2.45, 2.75) is 63.7 Å². The minimum atomic E-state index is -1.11. The first-order chi connectivity index (χ1) is 16.9. The number of carboxylic acid groups (broad SMARTS) is 1. The standard InChI is InChI=1S/C27H34FNO6/c1-17-23(32-2)15-22(24(28)25(17)33-3)21-9-8-19(14-18(21)16-35-20-6-4-5-7-20)29-27(26(30)31)10-12-34-13-11-27/h8-9,14-15,20,29H,4-7,10-13,16H2,1-3H3,(H,30,31). The monoisotopic (exact) mass is 487 g/mol. The average molecular weight is 488 g/mol. The fraction of sp³-hybridized carbons (Fsp3) is 0.519. The molecule has 0 radical (unpaired) electrons. The van der Waals surface area contributed by atoms with Gasteiger partial charge >= 0.3 is 5.97 Å². The summed E-state index contributed by atoms with van der Waals surface area (Å²) in [4.78, 5) is 12.2. The number of methoxy groups -OCH3 is 2. The van der Waals surface area contributed by atoms with Crippen molar-refractivity contribution in [2.75, 3.05) is 32.8 Å². The van der Waals surface area contributed by atoms with E-state index in [4.69, 9.17) is 18.9 Å². The third-order valence-corrected chi connectivity index (χ3v) is 7.16. The number of aliphatic carboxylic acids is 1. The van der Waals surface area contributed by atoms with E-state index >= 15 is 4.39 Å². The molecule has 2 N–H and O–H groups in total. The zero-order valence-electron chi connectivity index (χ0n) is 20.6. The first-order valence-corrected chi connectivity index (χ1v) is 12.1. The van der Waals surface area contributed by atoms with Crippen LogP contribution in [-0.2, 0) is 20.9 Å². The largest absolute Gasteiger partial charge is 0.496 e. The molecule has 7 nitrogen and oxygen atoms in total. The number of nitrogens with one attached hydrogen (secondary N) is 1. The van der Waals surface area contributed by atoms with Crippen LogP contribution in [0, 0.1) is 12.7 Å². The molecule has 0 spiro atoms. The van der Waals surface area contributed by atoms with Gasteiger partial charge in [-0.05, 0) is 49.1 Å². The highest BCUT2D eigenvalue weighted by Gasteiger charge is 2.40. The Kier molecular flexibility index (Phi) is 7.82. The number of anilines is 1. The van der Waals surface area contributed by atoms with Gasteiger partial charge in [-0.1, -0.05) is 18.9 Å². The number of hydrogen-bond acceptors (Lipinski definition) is 6. The summed E-state index contributed by atoms with van der Waals surface area (Å²) < 4.78 is 38.0. The lowest BCUT2D eigenvalue weighted by atomic mass is 9.89. The van der Waals surface area contributed by atoms with Crippen molar-refractivity contribution in [3.8, 4) is 22.6 Å². The SMILES string of the molecule is COc1cc(-c2ccc(NC3(C(=O)O)CCOCC3)cc2COC2CCCC2)c(F)c(OC)c1C. The van der Waals surface area contributed by atoms with E-state index in [9.17, 15) is 9.90 Å². The van der Waals surface area contributed by atoms with Gasteiger partial charge in [0.2, 0.25) is 0 Å². The van der Waals surface area contributed by atoms with Gasteiger partial charge in [0.05, 0.1) is 26.9 Å². The van der Waals surface area contributed by atoms with Gasteiger partial charge in [-0.2, -0.15) is 0 Å². The van der Waals surface area contributed by atoms with Crippen LogP contribution in [0.3, 0.4) is 0 Å². The van der Waals surface area contributed by atoms with Crippen LogP contribution in [0.1, 0.15) is 49.7 Å². The minimum Gasteiger partial charge on any atom is -0.496 e. The van der Waals surface area contributed by atoms with E-state index in [0.29, 0.717) is 54.2 Å². The van der Waals surface area contributed by atoms with Crippen LogP contribution in [0.15, 0.2) is 24.3 Å². The van der Waals surface area contributed by atoms with Crippen LogP contribution in [0.25, 0.3) is 11.1 Å². The Morgan fingerprint density at radius 3 is 2.49 bits per heavy atom. The van der Waals surface area contributed by atoms with Gasteiger partial charge in [0.15, 0.2) is 11.6 Å². The minimum absolute atomic E-state index is 0.135. The Morgan fingerprint density at radius 1 is 1.14 bits per heavy atom. The molecule has 190 valence electrons. The molecule has 2 aliphatic rings. The van der Waals surface area contributed by atoms with Crippen molar-refractivity contribution in [1.82, 2.24) is 0 Å². The van der Waals surface area contributed by atoms with Gasteiger partial charge in [0, 0.05) is 42.9 Å². The molecule has 0 amide bonds. The maximum absolute atomic E-state index is 15.6. The Labute approximate surface area is 205 Å². The van der Waals surface area contributed by atoms with E-state index in [-0.39, 0.29) is 18.5 Å². The predicted octanol–water partition coefficient (Wildman–Crippen LogP) is 5.32. The van der Waals surface area contributed by atoms with Crippen molar-refractivity contribution in [3.63, 3.8) is 0 Å². The van der Waals surface area contributed by atoms with Crippen molar-refractivity contribution in [2.24, 2.45) is 0 Å². The molecule has 0 aromatic heterocycles. The number of rotatable bonds is 9. The van der Waals surface area contributed by atoms with Gasteiger partial charge in [-0.15, -0.1) is 0 Å². The summed E-state index contributed by atoms with van der Waals surface area (Å²) in [7, 11) is 2.98. The molecule has 2 fully saturated rings. The summed E-state index contributed by atoms with van der Waals surface area (Å²) in [5, 5.41) is 13.2. The summed E-state index contributed by atoms with van der Waals surface area (Å²) in [5.74, 6) is -0.723. The maximum atomic E-state index is 15.6. The zero-order valence-corrected chi connectivity index (χ0v) is 20.6. The Morgan fingerprint density at radius 2 is 1.86 bits per heavy atom. The van der Waals surface area contributed by atoms with Crippen LogP contribution in [-0.4, -0.2) is 50.2 Å². The molecule has 35 heavy (non-hydrogen) atoms. The number of benzene rings is 2. The van der Waals surface area contributed by atoms with Crippen molar-refractivity contribution in [1.29, 1.82) is 0 Å². The van der Waals surface area contributed by atoms with E-state index < -0.39 is 17.3 Å². The molecule has 0 atom stereocenters. The Bertz CT molecular complexity index is 1060. The van der Waals surface area contributed by atoms with Crippen LogP contribution in [0.5, 0.6) is 11.5 Å². The molecular weight excluding hydrogens is 453 g/mol. The maximum Gasteiger partial charge on any atom is 0.329 e. The van der Waals surface area contributed by atoms with Crippen LogP contribution in [0.4, 0.5) is 10.1 Å². The fourth-order valence-corrected chi connectivity index (χ4v) is 5.06. The second kappa shape index (κ2) is 10.8. The molecule has 1 saturated heterocycles. The normalized spacial score (nSPS) is 17.8. The molecule has 4 rings (SSSR count). The highest BCUT2D eigenvalue weighted by molar-refractivity contribution is 5.83. The van der Waals surface area contributed by atoms with Crippen LogP contribution >= 0.6 is 0 Å². The number of ether oxygens (including phenoxy) is 4. The summed E-state index contributed by atoms with van der Waals surface area (Å²) in [5.41, 5.74) is 1.89. The quantitative estimate of drug-likeness (QED) is 0.495. The van der Waals surface area contributed by atoms with Gasteiger partial charge in [0.25, 0.3) is 0 Å². The van der Waals surface area contributed by atoms with Gasteiger partial charge in [-0.3, -0.25) is 0 Å². The van der Waals surface area contributed by atoms with Crippen molar-refractivity contribution >= 4 is 11.7 Å². The highest BCUT2D eigenvalue weighted by atomic mass is 19.1. The molecule has 2 aromatic rings. The molecule has 0 bridgehead atoms. The number of carbonyl (C=O) groups is 1. The van der Waals surface area contributed by atoms with Gasteiger partial charge in [0.1, 0.15) is 11.3 Å². The topological polar surface area (TPSA) is 86.3 Å². The highest BCUT2D eigenvalue weighted by Crippen LogP contribution is 2.40. The average Bonchev–Trinajstić information content (AvgIpc) is 3.38. The molecule has 1 aliphatic heterocycles. The van der Waals surface area contributed by atoms with Gasteiger partial charge in [-0.25, -0.2) is 9.18 Å². The first kappa shape index (κ1) is 25.3. The lowest BCUT2D eigenvalue weighted by Crippen LogP contribution is -2.50. The van der Waals surface area contributed by atoms with E-state index in [1.807, 2.05) is 6.07 Å². The van der Waals surface area contributed by atoms with E-state index in [0.717, 1.165) is 31.2 Å².